The molecule has 16 heavy (non-hydrogen) atoms. The van der Waals surface area contributed by atoms with Crippen LogP contribution in [-0.2, 0) is 0 Å². The van der Waals surface area contributed by atoms with Crippen LogP contribution in [0.4, 0.5) is 11.5 Å². The Kier molecular flexibility index (Phi) is 2.98. The molecule has 1 heterocycles. The van der Waals surface area contributed by atoms with Crippen LogP contribution in [0.25, 0.3) is 0 Å². The summed E-state index contributed by atoms with van der Waals surface area (Å²) in [5.74, 6) is 1.44. The molecule has 4 heteroatoms. The maximum Gasteiger partial charge on any atom is 0.144 e. The number of hydrogen-bond donors (Lipinski definition) is 2. The molecule has 2 rings (SSSR count). The first-order valence-corrected chi connectivity index (χ1v) is 6.06. The van der Waals surface area contributed by atoms with Crippen molar-refractivity contribution in [3.8, 4) is 0 Å². The number of nitrogens with one attached hydrogen (secondary N) is 1. The minimum Gasteiger partial charge on any atom is -0.397 e. The van der Waals surface area contributed by atoms with E-state index in [1.807, 2.05) is 0 Å². The van der Waals surface area contributed by atoms with Crippen LogP contribution in [0.15, 0.2) is 12.3 Å². The van der Waals surface area contributed by atoms with E-state index >= 15 is 0 Å². The molecular weight excluding hydrogens is 222 g/mol. The second kappa shape index (κ2) is 4.13. The minimum atomic E-state index is 0.451. The van der Waals surface area contributed by atoms with Crippen LogP contribution in [0.5, 0.6) is 0 Å². The third kappa shape index (κ3) is 2.24. The molecule has 0 aliphatic heterocycles. The highest BCUT2D eigenvalue weighted by atomic mass is 35.5. The van der Waals surface area contributed by atoms with E-state index < -0.39 is 0 Å². The molecule has 0 bridgehead atoms. The van der Waals surface area contributed by atoms with Gasteiger partial charge in [-0.1, -0.05) is 25.4 Å². The second-order valence-electron chi connectivity index (χ2n) is 4.97. The predicted octanol–water partition coefficient (Wildman–Crippen LogP) is 3.17. The summed E-state index contributed by atoms with van der Waals surface area (Å²) < 4.78 is 0. The molecule has 0 unspecified atom stereocenters. The Morgan fingerprint density at radius 2 is 2.25 bits per heavy atom. The Balaban J connectivity index is 2.00. The molecule has 88 valence electrons. The highest BCUT2D eigenvalue weighted by molar-refractivity contribution is 6.33. The van der Waals surface area contributed by atoms with E-state index in [0.717, 1.165) is 12.4 Å². The minimum absolute atomic E-state index is 0.451. The fourth-order valence-corrected chi connectivity index (χ4v) is 2.20. The first kappa shape index (κ1) is 11.5. The molecule has 1 aromatic rings. The summed E-state index contributed by atoms with van der Waals surface area (Å²) in [6.45, 7) is 5.49. The Bertz CT molecular complexity index is 386. The standard InChI is InChI=1S/C12H18ClN3/c1-8(2)12(3-4-12)7-16-11-10(13)5-9(14)6-15-11/h5-6,8H,3-4,7,14H2,1-2H3,(H,15,16). The van der Waals surface area contributed by atoms with Crippen LogP contribution in [-0.4, -0.2) is 11.5 Å². The molecule has 0 radical (unpaired) electrons. The van der Waals surface area contributed by atoms with Gasteiger partial charge in [0.25, 0.3) is 0 Å². The number of nitrogens with two attached hydrogens (primary N) is 1. The van der Waals surface area contributed by atoms with E-state index in [9.17, 15) is 0 Å². The lowest BCUT2D eigenvalue weighted by Gasteiger charge is -2.20. The monoisotopic (exact) mass is 239 g/mol. The number of nitrogen functional groups attached to an aromatic ring is 1. The van der Waals surface area contributed by atoms with E-state index in [1.54, 1.807) is 12.3 Å². The highest BCUT2D eigenvalue weighted by Gasteiger charge is 2.45. The fraction of sp³-hybridized carbons (Fsp3) is 0.583. The molecule has 3 N–H and O–H groups in total. The average Bonchev–Trinajstić information content (AvgIpc) is 2.97. The van der Waals surface area contributed by atoms with Crippen molar-refractivity contribution in [2.75, 3.05) is 17.6 Å². The average molecular weight is 240 g/mol. The van der Waals surface area contributed by atoms with Gasteiger partial charge in [0.15, 0.2) is 0 Å². The molecule has 0 spiro atoms. The summed E-state index contributed by atoms with van der Waals surface area (Å²) in [7, 11) is 0. The summed E-state index contributed by atoms with van der Waals surface area (Å²) in [5.41, 5.74) is 6.64. The van der Waals surface area contributed by atoms with Crippen LogP contribution in [0.3, 0.4) is 0 Å². The van der Waals surface area contributed by atoms with Crippen molar-refractivity contribution in [3.63, 3.8) is 0 Å². The zero-order valence-corrected chi connectivity index (χ0v) is 10.5. The molecule has 1 aliphatic carbocycles. The van der Waals surface area contributed by atoms with Crippen LogP contribution >= 0.6 is 11.6 Å². The Labute approximate surface area is 101 Å². The van der Waals surface area contributed by atoms with Crippen molar-refractivity contribution >= 4 is 23.1 Å². The first-order chi connectivity index (χ1) is 7.53. The van der Waals surface area contributed by atoms with Crippen LogP contribution in [0.2, 0.25) is 5.02 Å². The molecule has 3 nitrogen and oxygen atoms in total. The van der Waals surface area contributed by atoms with Gasteiger partial charge in [-0.3, -0.25) is 0 Å². The van der Waals surface area contributed by atoms with E-state index in [2.05, 4.69) is 24.1 Å². The normalized spacial score (nSPS) is 17.5. The third-order valence-corrected chi connectivity index (χ3v) is 3.88. The van der Waals surface area contributed by atoms with E-state index in [-0.39, 0.29) is 0 Å². The number of halogens is 1. The molecule has 0 amide bonds. The summed E-state index contributed by atoms with van der Waals surface area (Å²) in [5, 5.41) is 3.92. The molecule has 0 aromatic carbocycles. The molecule has 0 atom stereocenters. The lowest BCUT2D eigenvalue weighted by atomic mass is 9.92. The Morgan fingerprint density at radius 3 is 2.75 bits per heavy atom. The number of rotatable bonds is 4. The van der Waals surface area contributed by atoms with E-state index in [1.165, 1.54) is 12.8 Å². The van der Waals surface area contributed by atoms with E-state index in [4.69, 9.17) is 17.3 Å². The van der Waals surface area contributed by atoms with Crippen LogP contribution < -0.4 is 11.1 Å². The van der Waals surface area contributed by atoms with Gasteiger partial charge in [0, 0.05) is 6.54 Å². The summed E-state index contributed by atoms with van der Waals surface area (Å²) in [6, 6.07) is 1.73. The van der Waals surface area contributed by atoms with Gasteiger partial charge < -0.3 is 11.1 Å². The van der Waals surface area contributed by atoms with Crippen LogP contribution in [0.1, 0.15) is 26.7 Å². The molecular formula is C12H18ClN3. The van der Waals surface area contributed by atoms with Gasteiger partial charge in [-0.05, 0) is 30.2 Å². The SMILES string of the molecule is CC(C)C1(CNc2ncc(N)cc2Cl)CC1. The van der Waals surface area contributed by atoms with Crippen molar-refractivity contribution in [1.82, 2.24) is 4.98 Å². The second-order valence-corrected chi connectivity index (χ2v) is 5.38. The predicted molar refractivity (Wildman–Crippen MR) is 68.7 cm³/mol. The maximum absolute atomic E-state index is 6.05. The smallest absolute Gasteiger partial charge is 0.144 e. The largest absolute Gasteiger partial charge is 0.397 e. The third-order valence-electron chi connectivity index (χ3n) is 3.59. The quantitative estimate of drug-likeness (QED) is 0.849. The van der Waals surface area contributed by atoms with Crippen molar-refractivity contribution in [3.05, 3.63) is 17.3 Å². The van der Waals surface area contributed by atoms with Crippen LogP contribution in [0, 0.1) is 11.3 Å². The van der Waals surface area contributed by atoms with Crippen molar-refractivity contribution in [2.24, 2.45) is 11.3 Å². The molecule has 1 fully saturated rings. The van der Waals surface area contributed by atoms with Gasteiger partial charge in [0.2, 0.25) is 0 Å². The van der Waals surface area contributed by atoms with Crippen molar-refractivity contribution in [1.29, 1.82) is 0 Å². The number of pyridine rings is 1. The maximum atomic E-state index is 6.05. The van der Waals surface area contributed by atoms with Gasteiger partial charge >= 0.3 is 0 Å². The lowest BCUT2D eigenvalue weighted by molar-refractivity contribution is 0.380. The fourth-order valence-electron chi connectivity index (χ4n) is 1.96. The summed E-state index contributed by atoms with van der Waals surface area (Å²) in [4.78, 5) is 4.20. The topological polar surface area (TPSA) is 50.9 Å². The molecule has 1 saturated carbocycles. The molecule has 1 aromatic heterocycles. The number of aromatic nitrogens is 1. The number of hydrogen-bond acceptors (Lipinski definition) is 3. The van der Waals surface area contributed by atoms with Gasteiger partial charge in [0.1, 0.15) is 5.82 Å². The van der Waals surface area contributed by atoms with Gasteiger partial charge in [-0.25, -0.2) is 4.98 Å². The van der Waals surface area contributed by atoms with Crippen molar-refractivity contribution < 1.29 is 0 Å². The van der Waals surface area contributed by atoms with Gasteiger partial charge in [0.05, 0.1) is 16.9 Å². The molecule has 0 saturated heterocycles. The molecule has 1 aliphatic rings. The first-order valence-electron chi connectivity index (χ1n) is 5.68. The lowest BCUT2D eigenvalue weighted by Crippen LogP contribution is -2.21. The van der Waals surface area contributed by atoms with Gasteiger partial charge in [-0.15, -0.1) is 0 Å². The summed E-state index contributed by atoms with van der Waals surface area (Å²) in [6.07, 6.45) is 4.22. The van der Waals surface area contributed by atoms with Gasteiger partial charge in [-0.2, -0.15) is 0 Å². The highest BCUT2D eigenvalue weighted by Crippen LogP contribution is 2.51. The number of nitrogens with zero attached hydrogens (tertiary/aromatic N) is 1. The summed E-state index contributed by atoms with van der Waals surface area (Å²) >= 11 is 6.05. The zero-order valence-electron chi connectivity index (χ0n) is 9.76. The number of anilines is 2. The van der Waals surface area contributed by atoms with E-state index in [0.29, 0.717) is 22.0 Å². The van der Waals surface area contributed by atoms with Crippen molar-refractivity contribution in [2.45, 2.75) is 26.7 Å². The zero-order chi connectivity index (χ0) is 11.8. The Morgan fingerprint density at radius 1 is 1.56 bits per heavy atom. The Hall–Kier alpha value is -0.960.